The molecule has 3 N–H and O–H groups in total. The standard InChI is InChI=1S/C23H36FN3O6S/c1-15(2)13-19(26-22(30)33-23(3,4)5)21(29)25-18-7-6-12-27(14-20(18)28)34(31,32)17-10-8-16(24)9-11-17/h8-11,15,18-20,28H,6-7,12-14H2,1-5H3,(H,25,29)(H,26,30)/t18?,19-,20?/m0/s1. The van der Waals surface area contributed by atoms with Gasteiger partial charge in [-0.05, 0) is 70.2 Å². The summed E-state index contributed by atoms with van der Waals surface area (Å²) in [5, 5.41) is 16.1. The summed E-state index contributed by atoms with van der Waals surface area (Å²) in [7, 11) is -3.93. The molecule has 1 fully saturated rings. The van der Waals surface area contributed by atoms with Gasteiger partial charge in [0.05, 0.1) is 17.0 Å². The molecule has 0 aliphatic carbocycles. The first kappa shape index (κ1) is 28.0. The first-order valence-electron chi connectivity index (χ1n) is 11.4. The van der Waals surface area contributed by atoms with Crippen molar-refractivity contribution in [3.8, 4) is 0 Å². The minimum absolute atomic E-state index is 0.0675. The number of nitrogens with one attached hydrogen (secondary N) is 2. The fourth-order valence-electron chi connectivity index (χ4n) is 3.69. The largest absolute Gasteiger partial charge is 0.444 e. The molecule has 34 heavy (non-hydrogen) atoms. The lowest BCUT2D eigenvalue weighted by Gasteiger charge is -2.28. The number of carbonyl (C=O) groups excluding carboxylic acids is 2. The Morgan fingerprint density at radius 3 is 2.41 bits per heavy atom. The van der Waals surface area contributed by atoms with Crippen LogP contribution >= 0.6 is 0 Å². The number of ether oxygens (including phenoxy) is 1. The summed E-state index contributed by atoms with van der Waals surface area (Å²) in [6, 6.07) is 2.92. The molecule has 1 aliphatic rings. The van der Waals surface area contributed by atoms with Crippen LogP contribution in [0.25, 0.3) is 0 Å². The van der Waals surface area contributed by atoms with Crippen molar-refractivity contribution in [3.05, 3.63) is 30.1 Å². The number of halogens is 1. The van der Waals surface area contributed by atoms with Gasteiger partial charge in [-0.2, -0.15) is 4.31 Å². The summed E-state index contributed by atoms with van der Waals surface area (Å²) in [5.74, 6) is -0.923. The maximum Gasteiger partial charge on any atom is 0.408 e. The molecule has 1 aromatic rings. The first-order valence-corrected chi connectivity index (χ1v) is 12.9. The second-order valence-electron chi connectivity index (χ2n) is 9.97. The number of sulfonamides is 1. The maximum absolute atomic E-state index is 13.2. The van der Waals surface area contributed by atoms with Gasteiger partial charge in [0.15, 0.2) is 0 Å². The first-order chi connectivity index (χ1) is 15.7. The molecule has 192 valence electrons. The van der Waals surface area contributed by atoms with E-state index in [4.69, 9.17) is 4.74 Å². The zero-order valence-corrected chi connectivity index (χ0v) is 21.2. The van der Waals surface area contributed by atoms with Crippen molar-refractivity contribution in [1.29, 1.82) is 0 Å². The van der Waals surface area contributed by atoms with Gasteiger partial charge in [-0.25, -0.2) is 17.6 Å². The highest BCUT2D eigenvalue weighted by atomic mass is 32.2. The number of nitrogens with zero attached hydrogens (tertiary/aromatic N) is 1. The molecule has 1 heterocycles. The molecule has 2 amide bonds. The molecule has 1 aromatic carbocycles. The molecular weight excluding hydrogens is 465 g/mol. The lowest BCUT2D eigenvalue weighted by Crippen LogP contribution is -2.54. The zero-order valence-electron chi connectivity index (χ0n) is 20.4. The maximum atomic E-state index is 13.2. The number of aliphatic hydroxyl groups excluding tert-OH is 1. The Kier molecular flexibility index (Phi) is 9.44. The molecule has 2 rings (SSSR count). The number of amides is 2. The second-order valence-corrected chi connectivity index (χ2v) is 11.9. The average Bonchev–Trinajstić information content (AvgIpc) is 2.88. The van der Waals surface area contributed by atoms with Gasteiger partial charge in [-0.15, -0.1) is 0 Å². The Labute approximate surface area is 201 Å². The normalized spacial score (nSPS) is 20.9. The predicted octanol–water partition coefficient (Wildman–Crippen LogP) is 2.40. The lowest BCUT2D eigenvalue weighted by atomic mass is 10.0. The van der Waals surface area contributed by atoms with Crippen molar-refractivity contribution in [2.45, 2.75) is 82.6 Å². The van der Waals surface area contributed by atoms with Gasteiger partial charge >= 0.3 is 6.09 Å². The van der Waals surface area contributed by atoms with Crippen LogP contribution in [0.5, 0.6) is 0 Å². The van der Waals surface area contributed by atoms with Crippen LogP contribution < -0.4 is 10.6 Å². The Balaban J connectivity index is 2.08. The van der Waals surface area contributed by atoms with Crippen LogP contribution in [0.3, 0.4) is 0 Å². The van der Waals surface area contributed by atoms with Gasteiger partial charge in [0.2, 0.25) is 15.9 Å². The molecule has 1 saturated heterocycles. The molecule has 11 heteroatoms. The number of carbonyl (C=O) groups is 2. The Bertz CT molecular complexity index is 946. The van der Waals surface area contributed by atoms with E-state index in [0.29, 0.717) is 19.3 Å². The molecule has 0 radical (unpaired) electrons. The van der Waals surface area contributed by atoms with Crippen molar-refractivity contribution in [1.82, 2.24) is 14.9 Å². The number of rotatable bonds is 7. The number of hydrogen-bond donors (Lipinski definition) is 3. The Morgan fingerprint density at radius 1 is 1.24 bits per heavy atom. The second kappa shape index (κ2) is 11.5. The summed E-state index contributed by atoms with van der Waals surface area (Å²) in [5.41, 5.74) is -0.722. The van der Waals surface area contributed by atoms with E-state index in [9.17, 15) is 27.5 Å². The topological polar surface area (TPSA) is 125 Å². The van der Waals surface area contributed by atoms with Gasteiger partial charge < -0.3 is 20.5 Å². The Hall–Kier alpha value is -2.24. The van der Waals surface area contributed by atoms with Crippen LogP contribution in [0, 0.1) is 11.7 Å². The number of alkyl carbamates (subject to hydrolysis) is 1. The Morgan fingerprint density at radius 2 is 1.85 bits per heavy atom. The van der Waals surface area contributed by atoms with E-state index < -0.39 is 51.6 Å². The van der Waals surface area contributed by atoms with E-state index in [1.165, 1.54) is 12.1 Å². The summed E-state index contributed by atoms with van der Waals surface area (Å²) in [6.07, 6.45) is -0.770. The van der Waals surface area contributed by atoms with Crippen LogP contribution in [0.1, 0.15) is 53.9 Å². The van der Waals surface area contributed by atoms with Crippen molar-refractivity contribution in [3.63, 3.8) is 0 Å². The SMILES string of the molecule is CC(C)C[C@H](NC(=O)OC(C)(C)C)C(=O)NC1CCCN(S(=O)(=O)c2ccc(F)cc2)CC1O. The summed E-state index contributed by atoms with van der Waals surface area (Å²) in [6.45, 7) is 8.91. The van der Waals surface area contributed by atoms with E-state index >= 15 is 0 Å². The van der Waals surface area contributed by atoms with Crippen LogP contribution in [-0.4, -0.2) is 66.7 Å². The van der Waals surface area contributed by atoms with E-state index in [-0.39, 0.29) is 23.9 Å². The number of hydrogen-bond acceptors (Lipinski definition) is 6. The van der Waals surface area contributed by atoms with Gasteiger partial charge in [0.1, 0.15) is 17.5 Å². The quantitative estimate of drug-likeness (QED) is 0.527. The predicted molar refractivity (Wildman–Crippen MR) is 125 cm³/mol. The minimum Gasteiger partial charge on any atom is -0.444 e. The molecule has 1 aliphatic heterocycles. The van der Waals surface area contributed by atoms with Crippen molar-refractivity contribution < 1.29 is 32.2 Å². The van der Waals surface area contributed by atoms with E-state index in [1.807, 2.05) is 13.8 Å². The smallest absolute Gasteiger partial charge is 0.408 e. The van der Waals surface area contributed by atoms with Gasteiger partial charge in [-0.1, -0.05) is 13.8 Å². The summed E-state index contributed by atoms with van der Waals surface area (Å²) in [4.78, 5) is 25.1. The molecular formula is C23H36FN3O6S. The van der Waals surface area contributed by atoms with Gasteiger partial charge in [0, 0.05) is 13.1 Å². The van der Waals surface area contributed by atoms with Crippen molar-refractivity contribution >= 4 is 22.0 Å². The summed E-state index contributed by atoms with van der Waals surface area (Å²) >= 11 is 0. The highest BCUT2D eigenvalue weighted by Gasteiger charge is 2.35. The fourth-order valence-corrected chi connectivity index (χ4v) is 5.18. The molecule has 0 spiro atoms. The zero-order chi connectivity index (χ0) is 25.7. The molecule has 0 bridgehead atoms. The van der Waals surface area contributed by atoms with E-state index in [2.05, 4.69) is 10.6 Å². The lowest BCUT2D eigenvalue weighted by molar-refractivity contribution is -0.125. The number of β-amino-alcohol motifs (C(OH)–C–C–N with tert-alkyl or cyclic N) is 1. The molecule has 0 saturated carbocycles. The van der Waals surface area contributed by atoms with E-state index in [0.717, 1.165) is 16.4 Å². The van der Waals surface area contributed by atoms with Gasteiger partial charge in [-0.3, -0.25) is 4.79 Å². The third-order valence-corrected chi connectivity index (χ3v) is 7.15. The van der Waals surface area contributed by atoms with Crippen LogP contribution in [0.2, 0.25) is 0 Å². The average molecular weight is 502 g/mol. The highest BCUT2D eigenvalue weighted by molar-refractivity contribution is 7.89. The number of benzene rings is 1. The van der Waals surface area contributed by atoms with Crippen molar-refractivity contribution in [2.24, 2.45) is 5.92 Å². The minimum atomic E-state index is -3.93. The van der Waals surface area contributed by atoms with Gasteiger partial charge in [0.25, 0.3) is 0 Å². The monoisotopic (exact) mass is 501 g/mol. The summed E-state index contributed by atoms with van der Waals surface area (Å²) < 4.78 is 45.5. The van der Waals surface area contributed by atoms with Crippen LogP contribution in [0.15, 0.2) is 29.2 Å². The molecule has 9 nitrogen and oxygen atoms in total. The highest BCUT2D eigenvalue weighted by Crippen LogP contribution is 2.21. The van der Waals surface area contributed by atoms with Crippen LogP contribution in [-0.2, 0) is 19.6 Å². The molecule has 2 unspecified atom stereocenters. The van der Waals surface area contributed by atoms with Crippen molar-refractivity contribution in [2.75, 3.05) is 13.1 Å². The third-order valence-electron chi connectivity index (χ3n) is 5.27. The van der Waals surface area contributed by atoms with E-state index in [1.54, 1.807) is 20.8 Å². The molecule has 3 atom stereocenters. The number of aliphatic hydroxyl groups is 1. The fraction of sp³-hybridized carbons (Fsp3) is 0.652. The molecule has 0 aromatic heterocycles. The third kappa shape index (κ3) is 8.21. The van der Waals surface area contributed by atoms with Crippen LogP contribution in [0.4, 0.5) is 9.18 Å².